The van der Waals surface area contributed by atoms with Crippen molar-refractivity contribution >= 4 is 0 Å². The van der Waals surface area contributed by atoms with Gasteiger partial charge in [0.1, 0.15) is 5.75 Å². The summed E-state index contributed by atoms with van der Waals surface area (Å²) in [4.78, 5) is 0. The number of nitrogens with one attached hydrogen (secondary N) is 1. The van der Waals surface area contributed by atoms with E-state index in [1.165, 1.54) is 16.7 Å². The minimum absolute atomic E-state index is 0.235. The third-order valence-electron chi connectivity index (χ3n) is 3.93. The molecule has 0 radical (unpaired) electrons. The summed E-state index contributed by atoms with van der Waals surface area (Å²) in [6.45, 7) is 6.54. The molecule has 0 fully saturated rings. The van der Waals surface area contributed by atoms with Gasteiger partial charge in [0.2, 0.25) is 0 Å². The lowest BCUT2D eigenvalue weighted by Gasteiger charge is -2.33. The molecule has 1 N–H and O–H groups in total. The third-order valence-corrected chi connectivity index (χ3v) is 3.93. The highest BCUT2D eigenvalue weighted by atomic mass is 16.5. The Labute approximate surface area is 127 Å². The summed E-state index contributed by atoms with van der Waals surface area (Å²) in [5.41, 5.74) is 3.69. The van der Waals surface area contributed by atoms with Crippen LogP contribution in [0, 0.1) is 0 Å². The summed E-state index contributed by atoms with van der Waals surface area (Å²) in [6, 6.07) is 17.8. The Balaban J connectivity index is 2.06. The van der Waals surface area contributed by atoms with Gasteiger partial charge in [0, 0.05) is 29.6 Å². The first-order valence-corrected chi connectivity index (χ1v) is 7.76. The monoisotopic (exact) mass is 281 g/mol. The molecule has 1 aliphatic rings. The lowest BCUT2D eigenvalue weighted by Crippen LogP contribution is -2.35. The van der Waals surface area contributed by atoms with Crippen LogP contribution in [0.2, 0.25) is 0 Å². The molecule has 2 atom stereocenters. The van der Waals surface area contributed by atoms with Gasteiger partial charge in [-0.05, 0) is 12.5 Å². The van der Waals surface area contributed by atoms with Crippen molar-refractivity contribution < 1.29 is 4.74 Å². The predicted octanol–water partition coefficient (Wildman–Crippen LogP) is 4.56. The average molecular weight is 281 g/mol. The Bertz CT molecular complexity index is 606. The van der Waals surface area contributed by atoms with E-state index in [9.17, 15) is 0 Å². The number of ether oxygens (including phenoxy) is 1. The molecule has 2 aromatic carbocycles. The fourth-order valence-corrected chi connectivity index (χ4v) is 3.07. The smallest absolute Gasteiger partial charge is 0.132 e. The van der Waals surface area contributed by atoms with E-state index >= 15 is 0 Å². The second-order valence-electron chi connectivity index (χ2n) is 6.13. The number of hydrogen-bond acceptors (Lipinski definition) is 2. The van der Waals surface area contributed by atoms with Crippen molar-refractivity contribution in [2.75, 3.05) is 0 Å². The van der Waals surface area contributed by atoms with E-state index in [0.717, 1.165) is 12.2 Å². The molecule has 0 spiro atoms. The highest BCUT2D eigenvalue weighted by Crippen LogP contribution is 2.41. The van der Waals surface area contributed by atoms with E-state index in [2.05, 4.69) is 68.6 Å². The van der Waals surface area contributed by atoms with Crippen molar-refractivity contribution in [2.24, 2.45) is 0 Å². The van der Waals surface area contributed by atoms with Gasteiger partial charge in [0.15, 0.2) is 0 Å². The summed E-state index contributed by atoms with van der Waals surface area (Å²) in [7, 11) is 0. The summed E-state index contributed by atoms with van der Waals surface area (Å²) in [5, 5.41) is 3.67. The molecule has 2 nitrogen and oxygen atoms in total. The van der Waals surface area contributed by atoms with Gasteiger partial charge in [0.25, 0.3) is 0 Å². The van der Waals surface area contributed by atoms with Gasteiger partial charge in [-0.15, -0.1) is 0 Å². The van der Waals surface area contributed by atoms with Crippen LogP contribution < -0.4 is 10.1 Å². The van der Waals surface area contributed by atoms with Crippen LogP contribution in [-0.4, -0.2) is 12.1 Å². The minimum Gasteiger partial charge on any atom is -0.490 e. The van der Waals surface area contributed by atoms with Crippen LogP contribution in [0.3, 0.4) is 0 Å². The maximum absolute atomic E-state index is 6.19. The Hall–Kier alpha value is -1.80. The summed E-state index contributed by atoms with van der Waals surface area (Å²) in [5.74, 6) is 1.04. The van der Waals surface area contributed by atoms with Gasteiger partial charge < -0.3 is 10.1 Å². The van der Waals surface area contributed by atoms with Crippen molar-refractivity contribution in [3.8, 4) is 16.9 Å². The Morgan fingerprint density at radius 2 is 1.81 bits per heavy atom. The van der Waals surface area contributed by atoms with Gasteiger partial charge in [-0.1, -0.05) is 62.4 Å². The van der Waals surface area contributed by atoms with Crippen molar-refractivity contribution in [1.29, 1.82) is 0 Å². The molecule has 1 heterocycles. The van der Waals surface area contributed by atoms with Gasteiger partial charge in [-0.25, -0.2) is 0 Å². The molecule has 3 rings (SSSR count). The van der Waals surface area contributed by atoms with Crippen molar-refractivity contribution in [3.63, 3.8) is 0 Å². The third kappa shape index (κ3) is 2.96. The zero-order valence-electron chi connectivity index (χ0n) is 13.0. The maximum Gasteiger partial charge on any atom is 0.132 e. The Morgan fingerprint density at radius 3 is 2.52 bits per heavy atom. The van der Waals surface area contributed by atoms with E-state index in [1.807, 2.05) is 6.07 Å². The lowest BCUT2D eigenvalue weighted by atomic mass is 9.92. The van der Waals surface area contributed by atoms with Crippen LogP contribution in [0.5, 0.6) is 5.75 Å². The van der Waals surface area contributed by atoms with Gasteiger partial charge in [0.05, 0.1) is 6.10 Å². The first-order valence-electron chi connectivity index (χ1n) is 7.76. The predicted molar refractivity (Wildman–Crippen MR) is 87.6 cm³/mol. The molecule has 0 bridgehead atoms. The molecule has 2 aromatic rings. The molecule has 110 valence electrons. The molecule has 21 heavy (non-hydrogen) atoms. The van der Waals surface area contributed by atoms with Crippen molar-refractivity contribution in [3.05, 3.63) is 54.1 Å². The van der Waals surface area contributed by atoms with Crippen LogP contribution in [0.4, 0.5) is 0 Å². The summed E-state index contributed by atoms with van der Waals surface area (Å²) in [6.07, 6.45) is 1.25. The number of benzene rings is 2. The standard InChI is InChI=1S/C19H23NO/c1-13(2)20-18-12-14(3)21-19-16(10-7-11-17(18)19)15-8-5-4-6-9-15/h4-11,13-14,18,20H,12H2,1-3H3. The van der Waals surface area contributed by atoms with E-state index in [1.54, 1.807) is 0 Å². The zero-order chi connectivity index (χ0) is 14.8. The van der Waals surface area contributed by atoms with Crippen molar-refractivity contribution in [1.82, 2.24) is 5.32 Å². The topological polar surface area (TPSA) is 21.3 Å². The number of fused-ring (bicyclic) bond motifs is 1. The highest BCUT2D eigenvalue weighted by molar-refractivity contribution is 5.72. The second-order valence-corrected chi connectivity index (χ2v) is 6.13. The van der Waals surface area contributed by atoms with Gasteiger partial charge in [-0.3, -0.25) is 0 Å². The molecule has 2 unspecified atom stereocenters. The summed E-state index contributed by atoms with van der Waals surface area (Å²) < 4.78 is 6.19. The maximum atomic E-state index is 6.19. The largest absolute Gasteiger partial charge is 0.490 e. The molecule has 0 saturated heterocycles. The van der Waals surface area contributed by atoms with Crippen LogP contribution in [-0.2, 0) is 0 Å². The average Bonchev–Trinajstić information content (AvgIpc) is 2.47. The summed E-state index contributed by atoms with van der Waals surface area (Å²) >= 11 is 0. The molecule has 0 amide bonds. The highest BCUT2D eigenvalue weighted by Gasteiger charge is 2.28. The molecular formula is C19H23NO. The number of hydrogen-bond donors (Lipinski definition) is 1. The van der Waals surface area contributed by atoms with Gasteiger partial charge in [-0.2, -0.15) is 0 Å². The fourth-order valence-electron chi connectivity index (χ4n) is 3.07. The minimum atomic E-state index is 0.235. The zero-order valence-corrected chi connectivity index (χ0v) is 13.0. The molecule has 0 saturated carbocycles. The second kappa shape index (κ2) is 5.90. The number of para-hydroxylation sites is 1. The molecule has 1 aliphatic heterocycles. The SMILES string of the molecule is CC(C)NC1CC(C)Oc2c(-c3ccccc3)cccc21. The quantitative estimate of drug-likeness (QED) is 0.890. The van der Waals surface area contributed by atoms with Crippen LogP contribution in [0.15, 0.2) is 48.5 Å². The van der Waals surface area contributed by atoms with Crippen molar-refractivity contribution in [2.45, 2.75) is 45.4 Å². The van der Waals surface area contributed by atoms with E-state index < -0.39 is 0 Å². The molecule has 0 aromatic heterocycles. The van der Waals surface area contributed by atoms with Gasteiger partial charge >= 0.3 is 0 Å². The normalized spacial score (nSPS) is 21.0. The molecule has 0 aliphatic carbocycles. The van der Waals surface area contributed by atoms with E-state index in [4.69, 9.17) is 4.74 Å². The Kier molecular flexibility index (Phi) is 3.98. The number of rotatable bonds is 3. The van der Waals surface area contributed by atoms with Crippen LogP contribution in [0.1, 0.15) is 38.8 Å². The van der Waals surface area contributed by atoms with E-state index in [-0.39, 0.29) is 6.10 Å². The molecule has 2 heteroatoms. The fraction of sp³-hybridized carbons (Fsp3) is 0.368. The lowest BCUT2D eigenvalue weighted by molar-refractivity contribution is 0.164. The van der Waals surface area contributed by atoms with Crippen LogP contribution >= 0.6 is 0 Å². The van der Waals surface area contributed by atoms with Crippen LogP contribution in [0.25, 0.3) is 11.1 Å². The Morgan fingerprint density at radius 1 is 1.05 bits per heavy atom. The van der Waals surface area contributed by atoms with E-state index in [0.29, 0.717) is 12.1 Å². The molecular weight excluding hydrogens is 258 g/mol. The first-order chi connectivity index (χ1) is 10.1. The first kappa shape index (κ1) is 14.2.